The summed E-state index contributed by atoms with van der Waals surface area (Å²) >= 11 is 0. The van der Waals surface area contributed by atoms with E-state index in [9.17, 15) is 0 Å². The third kappa shape index (κ3) is 3.84. The van der Waals surface area contributed by atoms with Crippen molar-refractivity contribution in [3.05, 3.63) is 36.7 Å². The van der Waals surface area contributed by atoms with E-state index in [1.807, 2.05) is 24.0 Å². The van der Waals surface area contributed by atoms with Gasteiger partial charge in [-0.1, -0.05) is 13.0 Å². The zero-order chi connectivity index (χ0) is 12.7. The molecule has 0 saturated carbocycles. The number of hydrogen-bond acceptors (Lipinski definition) is 4. The van der Waals surface area contributed by atoms with Crippen LogP contribution in [0, 0.1) is 0 Å². The average molecular weight is 235 g/mol. The highest BCUT2D eigenvalue weighted by Crippen LogP contribution is 2.16. The number of nitrogens with two attached hydrogens (primary N) is 1. The molecule has 1 aromatic heterocycles. The van der Waals surface area contributed by atoms with E-state index in [2.05, 4.69) is 11.6 Å². The SMILES string of the molecule is C=CCN(CCO)c1ccc(C(N)CC)nc1. The summed E-state index contributed by atoms with van der Waals surface area (Å²) in [6, 6.07) is 3.92. The molecule has 0 bridgehead atoms. The zero-order valence-electron chi connectivity index (χ0n) is 10.3. The minimum atomic E-state index is -0.00486. The maximum atomic E-state index is 8.99. The Labute approximate surface area is 103 Å². The molecule has 0 aromatic carbocycles. The van der Waals surface area contributed by atoms with Crippen LogP contribution in [0.4, 0.5) is 5.69 Å². The van der Waals surface area contributed by atoms with Crippen LogP contribution in [0.25, 0.3) is 0 Å². The molecule has 0 aliphatic carbocycles. The summed E-state index contributed by atoms with van der Waals surface area (Å²) in [6.45, 7) is 7.13. The Morgan fingerprint density at radius 3 is 2.82 bits per heavy atom. The Hall–Kier alpha value is -1.39. The van der Waals surface area contributed by atoms with E-state index in [1.165, 1.54) is 0 Å². The van der Waals surface area contributed by atoms with Crippen LogP contribution in [0.1, 0.15) is 25.1 Å². The summed E-state index contributed by atoms with van der Waals surface area (Å²) < 4.78 is 0. The van der Waals surface area contributed by atoms with Gasteiger partial charge in [-0.15, -0.1) is 6.58 Å². The lowest BCUT2D eigenvalue weighted by molar-refractivity contribution is 0.303. The molecule has 1 atom stereocenters. The summed E-state index contributed by atoms with van der Waals surface area (Å²) in [5, 5.41) is 8.99. The van der Waals surface area contributed by atoms with Crippen molar-refractivity contribution in [2.24, 2.45) is 5.73 Å². The fourth-order valence-corrected chi connectivity index (χ4v) is 1.62. The highest BCUT2D eigenvalue weighted by Gasteiger charge is 2.07. The van der Waals surface area contributed by atoms with E-state index in [4.69, 9.17) is 10.8 Å². The van der Waals surface area contributed by atoms with Crippen LogP contribution < -0.4 is 10.6 Å². The van der Waals surface area contributed by atoms with E-state index < -0.39 is 0 Å². The van der Waals surface area contributed by atoms with E-state index in [0.29, 0.717) is 13.1 Å². The van der Waals surface area contributed by atoms with Crippen molar-refractivity contribution < 1.29 is 5.11 Å². The quantitative estimate of drug-likeness (QED) is 0.703. The molecule has 0 fully saturated rings. The highest BCUT2D eigenvalue weighted by atomic mass is 16.3. The second-order valence-corrected chi connectivity index (χ2v) is 3.91. The first-order valence-corrected chi connectivity index (χ1v) is 5.91. The monoisotopic (exact) mass is 235 g/mol. The molecule has 0 spiro atoms. The first-order valence-electron chi connectivity index (χ1n) is 5.91. The maximum Gasteiger partial charge on any atom is 0.0606 e. The average Bonchev–Trinajstić information content (AvgIpc) is 2.38. The van der Waals surface area contributed by atoms with Gasteiger partial charge in [0, 0.05) is 19.1 Å². The molecular weight excluding hydrogens is 214 g/mol. The minimum Gasteiger partial charge on any atom is -0.395 e. The van der Waals surface area contributed by atoms with E-state index >= 15 is 0 Å². The summed E-state index contributed by atoms with van der Waals surface area (Å²) in [5.41, 5.74) is 7.78. The van der Waals surface area contributed by atoms with Crippen LogP contribution in [0.3, 0.4) is 0 Å². The molecule has 0 radical (unpaired) electrons. The van der Waals surface area contributed by atoms with Gasteiger partial charge in [-0.05, 0) is 18.6 Å². The summed E-state index contributed by atoms with van der Waals surface area (Å²) in [7, 11) is 0. The largest absolute Gasteiger partial charge is 0.395 e. The predicted molar refractivity (Wildman–Crippen MR) is 71.0 cm³/mol. The number of hydrogen-bond donors (Lipinski definition) is 2. The molecule has 1 rings (SSSR count). The minimum absolute atomic E-state index is 0.00486. The molecule has 4 heteroatoms. The lowest BCUT2D eigenvalue weighted by atomic mass is 10.1. The number of rotatable bonds is 7. The van der Waals surface area contributed by atoms with Crippen molar-refractivity contribution in [1.82, 2.24) is 4.98 Å². The van der Waals surface area contributed by atoms with Crippen molar-refractivity contribution in [2.75, 3.05) is 24.6 Å². The molecule has 1 heterocycles. The second-order valence-electron chi connectivity index (χ2n) is 3.91. The van der Waals surface area contributed by atoms with E-state index in [-0.39, 0.29) is 12.6 Å². The maximum absolute atomic E-state index is 8.99. The van der Waals surface area contributed by atoms with Crippen molar-refractivity contribution in [1.29, 1.82) is 0 Å². The second kappa shape index (κ2) is 7.04. The number of aliphatic hydroxyl groups is 1. The Morgan fingerprint density at radius 2 is 2.35 bits per heavy atom. The summed E-state index contributed by atoms with van der Waals surface area (Å²) in [6.07, 6.45) is 4.48. The van der Waals surface area contributed by atoms with Gasteiger partial charge in [0.1, 0.15) is 0 Å². The van der Waals surface area contributed by atoms with Gasteiger partial charge in [0.15, 0.2) is 0 Å². The fraction of sp³-hybridized carbons (Fsp3) is 0.462. The molecule has 0 aliphatic rings. The first-order chi connectivity index (χ1) is 8.22. The smallest absolute Gasteiger partial charge is 0.0606 e. The molecule has 0 aliphatic heterocycles. The van der Waals surface area contributed by atoms with Gasteiger partial charge in [0.05, 0.1) is 24.2 Å². The lowest BCUT2D eigenvalue weighted by Gasteiger charge is -2.22. The van der Waals surface area contributed by atoms with Crippen LogP contribution in [-0.4, -0.2) is 29.8 Å². The van der Waals surface area contributed by atoms with Crippen molar-refractivity contribution >= 4 is 5.69 Å². The van der Waals surface area contributed by atoms with Gasteiger partial charge in [-0.25, -0.2) is 0 Å². The molecule has 4 nitrogen and oxygen atoms in total. The first kappa shape index (κ1) is 13.7. The number of anilines is 1. The molecule has 0 saturated heterocycles. The predicted octanol–water partition coefficient (Wildman–Crippen LogP) is 1.48. The Kier molecular flexibility index (Phi) is 5.66. The lowest BCUT2D eigenvalue weighted by Crippen LogP contribution is -2.26. The Bertz CT molecular complexity index is 337. The van der Waals surface area contributed by atoms with Gasteiger partial charge in [0.2, 0.25) is 0 Å². The van der Waals surface area contributed by atoms with Crippen molar-refractivity contribution in [2.45, 2.75) is 19.4 Å². The van der Waals surface area contributed by atoms with Gasteiger partial charge >= 0.3 is 0 Å². The number of aromatic nitrogens is 1. The third-order valence-electron chi connectivity index (χ3n) is 2.68. The molecule has 3 N–H and O–H groups in total. The molecule has 0 amide bonds. The molecular formula is C13H21N3O. The van der Waals surface area contributed by atoms with E-state index in [0.717, 1.165) is 17.8 Å². The molecule has 1 unspecified atom stereocenters. The number of pyridine rings is 1. The fourth-order valence-electron chi connectivity index (χ4n) is 1.62. The molecule has 17 heavy (non-hydrogen) atoms. The topological polar surface area (TPSA) is 62.4 Å². The van der Waals surface area contributed by atoms with Crippen LogP contribution in [0.2, 0.25) is 0 Å². The molecule has 1 aromatic rings. The number of aliphatic hydroxyl groups excluding tert-OH is 1. The van der Waals surface area contributed by atoms with Crippen LogP contribution in [0.5, 0.6) is 0 Å². The van der Waals surface area contributed by atoms with Gasteiger partial charge < -0.3 is 15.7 Å². The highest BCUT2D eigenvalue weighted by molar-refractivity contribution is 5.45. The van der Waals surface area contributed by atoms with Gasteiger partial charge in [0.25, 0.3) is 0 Å². The molecule has 94 valence electrons. The van der Waals surface area contributed by atoms with Crippen LogP contribution >= 0.6 is 0 Å². The Balaban J connectivity index is 2.79. The Morgan fingerprint density at radius 1 is 1.59 bits per heavy atom. The van der Waals surface area contributed by atoms with Crippen molar-refractivity contribution in [3.63, 3.8) is 0 Å². The van der Waals surface area contributed by atoms with Crippen LogP contribution in [0.15, 0.2) is 31.0 Å². The zero-order valence-corrected chi connectivity index (χ0v) is 10.3. The summed E-state index contributed by atoms with van der Waals surface area (Å²) in [5.74, 6) is 0. The standard InChI is InChI=1S/C13H21N3O/c1-3-7-16(8-9-17)11-5-6-13(15-10-11)12(14)4-2/h3,5-6,10,12,17H,1,4,7-9,14H2,2H3. The van der Waals surface area contributed by atoms with E-state index in [1.54, 1.807) is 12.3 Å². The summed E-state index contributed by atoms with van der Waals surface area (Å²) in [4.78, 5) is 6.37. The van der Waals surface area contributed by atoms with Gasteiger partial charge in [-0.3, -0.25) is 4.98 Å². The van der Waals surface area contributed by atoms with Crippen molar-refractivity contribution in [3.8, 4) is 0 Å². The third-order valence-corrected chi connectivity index (χ3v) is 2.68. The van der Waals surface area contributed by atoms with Gasteiger partial charge in [-0.2, -0.15) is 0 Å². The van der Waals surface area contributed by atoms with Crippen LogP contribution in [-0.2, 0) is 0 Å². The number of nitrogens with zero attached hydrogens (tertiary/aromatic N) is 2. The normalized spacial score (nSPS) is 12.2.